The molecule has 1 heterocycles. The first kappa shape index (κ1) is 14.0. The van der Waals surface area contributed by atoms with Gasteiger partial charge in [-0.1, -0.05) is 35.9 Å². The highest BCUT2D eigenvalue weighted by Gasteiger charge is 2.10. The van der Waals surface area contributed by atoms with E-state index in [4.69, 9.17) is 0 Å². The van der Waals surface area contributed by atoms with E-state index in [1.165, 1.54) is 16.0 Å². The average Bonchev–Trinajstić information content (AvgIpc) is 2.79. The molecule has 21 heavy (non-hydrogen) atoms. The van der Waals surface area contributed by atoms with E-state index in [0.717, 1.165) is 16.0 Å². The zero-order valence-corrected chi connectivity index (χ0v) is 13.2. The van der Waals surface area contributed by atoms with Gasteiger partial charge in [0.25, 0.3) is 0 Å². The lowest BCUT2D eigenvalue weighted by Gasteiger charge is -2.06. The van der Waals surface area contributed by atoms with Gasteiger partial charge in [0.1, 0.15) is 5.82 Å². The summed E-state index contributed by atoms with van der Waals surface area (Å²) in [7, 11) is 0. The minimum Gasteiger partial charge on any atom is -0.206 e. The Morgan fingerprint density at radius 3 is 2.05 bits per heavy atom. The Labute approximate surface area is 128 Å². The van der Waals surface area contributed by atoms with Crippen molar-refractivity contribution >= 4 is 11.3 Å². The Hall–Kier alpha value is -1.93. The lowest BCUT2D eigenvalue weighted by molar-refractivity contribution is 0.632. The molecule has 3 rings (SSSR count). The Bertz CT molecular complexity index is 762. The Morgan fingerprint density at radius 2 is 1.48 bits per heavy atom. The van der Waals surface area contributed by atoms with E-state index in [0.29, 0.717) is 5.56 Å². The largest absolute Gasteiger partial charge is 0.206 e. The number of aryl methyl sites for hydroxylation is 3. The van der Waals surface area contributed by atoms with E-state index in [9.17, 15) is 4.39 Å². The minimum atomic E-state index is -0.158. The summed E-state index contributed by atoms with van der Waals surface area (Å²) in [6.45, 7) is 6.19. The van der Waals surface area contributed by atoms with Crippen molar-refractivity contribution in [2.45, 2.75) is 20.8 Å². The molecule has 0 radical (unpaired) electrons. The molecule has 2 aromatic carbocycles. The smallest absolute Gasteiger partial charge is 0.132 e. The van der Waals surface area contributed by atoms with Gasteiger partial charge >= 0.3 is 0 Å². The third-order valence-corrected chi connectivity index (χ3v) is 4.97. The maximum atomic E-state index is 14.4. The molecule has 3 aromatic rings. The van der Waals surface area contributed by atoms with Gasteiger partial charge in [0.2, 0.25) is 0 Å². The van der Waals surface area contributed by atoms with Crippen LogP contribution in [0.25, 0.3) is 21.6 Å². The normalized spacial score (nSPS) is 10.9. The fourth-order valence-electron chi connectivity index (χ4n) is 2.35. The van der Waals surface area contributed by atoms with Crippen molar-refractivity contribution in [3.8, 4) is 21.6 Å². The van der Waals surface area contributed by atoms with E-state index in [1.807, 2.05) is 36.4 Å². The van der Waals surface area contributed by atoms with E-state index >= 15 is 0 Å². The molecule has 2 heteroatoms. The van der Waals surface area contributed by atoms with Crippen LogP contribution in [0, 0.1) is 26.6 Å². The van der Waals surface area contributed by atoms with Crippen LogP contribution in [0.1, 0.15) is 16.0 Å². The number of hydrogen-bond donors (Lipinski definition) is 0. The molecule has 0 fully saturated rings. The van der Waals surface area contributed by atoms with Crippen LogP contribution in [-0.2, 0) is 0 Å². The van der Waals surface area contributed by atoms with Gasteiger partial charge in [0.05, 0.1) is 0 Å². The minimum absolute atomic E-state index is 0.158. The zero-order chi connectivity index (χ0) is 15.0. The van der Waals surface area contributed by atoms with Crippen LogP contribution < -0.4 is 0 Å². The monoisotopic (exact) mass is 296 g/mol. The first-order chi connectivity index (χ1) is 10.0. The van der Waals surface area contributed by atoms with E-state index in [2.05, 4.69) is 26.8 Å². The Kier molecular flexibility index (Phi) is 3.64. The fraction of sp³-hybridized carbons (Fsp3) is 0.158. The van der Waals surface area contributed by atoms with Crippen LogP contribution in [0.3, 0.4) is 0 Å². The molecule has 106 valence electrons. The predicted octanol–water partition coefficient (Wildman–Crippen LogP) is 6.15. The topological polar surface area (TPSA) is 0 Å². The van der Waals surface area contributed by atoms with Gasteiger partial charge in [-0.3, -0.25) is 0 Å². The van der Waals surface area contributed by atoms with Gasteiger partial charge in [-0.15, -0.1) is 11.3 Å². The molecule has 0 bridgehead atoms. The van der Waals surface area contributed by atoms with Crippen LogP contribution in [0.5, 0.6) is 0 Å². The molecule has 0 saturated carbocycles. The van der Waals surface area contributed by atoms with Crippen LogP contribution in [0.4, 0.5) is 4.39 Å². The van der Waals surface area contributed by atoms with Gasteiger partial charge in [0.15, 0.2) is 0 Å². The molecule has 0 aliphatic heterocycles. The second kappa shape index (κ2) is 5.45. The predicted molar refractivity (Wildman–Crippen MR) is 89.4 cm³/mol. The number of hydrogen-bond acceptors (Lipinski definition) is 1. The quantitative estimate of drug-likeness (QED) is 0.532. The van der Waals surface area contributed by atoms with Crippen LogP contribution in [-0.4, -0.2) is 0 Å². The summed E-state index contributed by atoms with van der Waals surface area (Å²) >= 11 is 1.65. The van der Waals surface area contributed by atoms with Gasteiger partial charge in [-0.05, 0) is 55.7 Å². The summed E-state index contributed by atoms with van der Waals surface area (Å²) in [4.78, 5) is 2.24. The van der Waals surface area contributed by atoms with E-state index < -0.39 is 0 Å². The molecule has 0 saturated heterocycles. The third-order valence-electron chi connectivity index (χ3n) is 3.79. The highest BCUT2D eigenvalue weighted by atomic mass is 32.1. The molecule has 0 N–H and O–H groups in total. The standard InChI is InChI=1S/C19H17FS/c1-12-4-6-15(7-5-12)16-8-9-17(18(20)11-16)19-10-13(2)14(3)21-19/h4-11H,1-3H3. The summed E-state index contributed by atoms with van der Waals surface area (Å²) in [5.41, 5.74) is 5.08. The number of halogens is 1. The maximum absolute atomic E-state index is 14.4. The zero-order valence-electron chi connectivity index (χ0n) is 12.4. The fourth-order valence-corrected chi connectivity index (χ4v) is 3.41. The van der Waals surface area contributed by atoms with Crippen molar-refractivity contribution in [2.75, 3.05) is 0 Å². The van der Waals surface area contributed by atoms with Crippen molar-refractivity contribution in [2.24, 2.45) is 0 Å². The average molecular weight is 296 g/mol. The molecule has 0 amide bonds. The van der Waals surface area contributed by atoms with Crippen molar-refractivity contribution < 1.29 is 4.39 Å². The summed E-state index contributed by atoms with van der Waals surface area (Å²) in [5.74, 6) is -0.158. The lowest BCUT2D eigenvalue weighted by atomic mass is 10.0. The first-order valence-corrected chi connectivity index (χ1v) is 7.80. The third kappa shape index (κ3) is 2.77. The SMILES string of the molecule is Cc1ccc(-c2ccc(-c3cc(C)c(C)s3)c(F)c2)cc1. The van der Waals surface area contributed by atoms with Crippen molar-refractivity contribution in [3.05, 3.63) is 70.4 Å². The Morgan fingerprint density at radius 1 is 0.810 bits per heavy atom. The molecule has 0 unspecified atom stereocenters. The number of thiophene rings is 1. The molecule has 0 aliphatic carbocycles. The molecular weight excluding hydrogens is 279 g/mol. The van der Waals surface area contributed by atoms with Crippen LogP contribution in [0.15, 0.2) is 48.5 Å². The van der Waals surface area contributed by atoms with Crippen LogP contribution >= 0.6 is 11.3 Å². The van der Waals surface area contributed by atoms with Crippen molar-refractivity contribution in [3.63, 3.8) is 0 Å². The lowest BCUT2D eigenvalue weighted by Crippen LogP contribution is -1.85. The van der Waals surface area contributed by atoms with Gasteiger partial charge in [-0.25, -0.2) is 4.39 Å². The van der Waals surface area contributed by atoms with Crippen molar-refractivity contribution in [1.82, 2.24) is 0 Å². The summed E-state index contributed by atoms with van der Waals surface area (Å²) in [6, 6.07) is 15.7. The maximum Gasteiger partial charge on any atom is 0.132 e. The summed E-state index contributed by atoms with van der Waals surface area (Å²) in [5, 5.41) is 0. The number of benzene rings is 2. The van der Waals surface area contributed by atoms with E-state index in [1.54, 1.807) is 17.4 Å². The summed E-state index contributed by atoms with van der Waals surface area (Å²) in [6.07, 6.45) is 0. The first-order valence-electron chi connectivity index (χ1n) is 6.98. The van der Waals surface area contributed by atoms with Gasteiger partial charge in [0, 0.05) is 15.3 Å². The van der Waals surface area contributed by atoms with Crippen LogP contribution in [0.2, 0.25) is 0 Å². The van der Waals surface area contributed by atoms with Crippen molar-refractivity contribution in [1.29, 1.82) is 0 Å². The second-order valence-electron chi connectivity index (χ2n) is 5.41. The summed E-state index contributed by atoms with van der Waals surface area (Å²) < 4.78 is 14.4. The molecule has 1 aromatic heterocycles. The molecule has 0 nitrogen and oxygen atoms in total. The molecular formula is C19H17FS. The molecule has 0 atom stereocenters. The van der Waals surface area contributed by atoms with Gasteiger partial charge in [-0.2, -0.15) is 0 Å². The molecule has 0 aliphatic rings. The van der Waals surface area contributed by atoms with Gasteiger partial charge < -0.3 is 0 Å². The van der Waals surface area contributed by atoms with E-state index in [-0.39, 0.29) is 5.82 Å². The number of rotatable bonds is 2. The highest BCUT2D eigenvalue weighted by molar-refractivity contribution is 7.15. The molecule has 0 spiro atoms. The second-order valence-corrected chi connectivity index (χ2v) is 6.67. The Balaban J connectivity index is 2.01. The highest BCUT2D eigenvalue weighted by Crippen LogP contribution is 2.34.